The number of halogens is 2. The Hall–Kier alpha value is -0.800. The molecule has 0 amide bonds. The van der Waals surface area contributed by atoms with Crippen molar-refractivity contribution in [2.45, 2.75) is 25.8 Å². The van der Waals surface area contributed by atoms with Gasteiger partial charge in [-0.15, -0.1) is 0 Å². The van der Waals surface area contributed by atoms with Crippen molar-refractivity contribution in [3.8, 4) is 5.75 Å². The highest BCUT2D eigenvalue weighted by Gasteiger charge is 2.13. The van der Waals surface area contributed by atoms with Crippen LogP contribution in [0.15, 0.2) is 12.1 Å². The number of aromatic hydroxyl groups is 1. The molecule has 0 radical (unpaired) electrons. The number of phenols is 1. The van der Waals surface area contributed by atoms with Crippen LogP contribution in [0.4, 0.5) is 4.39 Å². The lowest BCUT2D eigenvalue weighted by atomic mass is 10.0. The molecule has 1 aromatic rings. The van der Waals surface area contributed by atoms with Gasteiger partial charge in [0.25, 0.3) is 0 Å². The summed E-state index contributed by atoms with van der Waals surface area (Å²) in [6.07, 6.45) is 1.58. The van der Waals surface area contributed by atoms with Crippen molar-refractivity contribution in [1.82, 2.24) is 0 Å². The molecule has 0 aliphatic carbocycles. The normalized spacial score (nSPS) is 12.9. The SMILES string of the molecule is CCCC(N)c1cc(F)c(Cl)cc1O. The van der Waals surface area contributed by atoms with Crippen molar-refractivity contribution in [1.29, 1.82) is 0 Å². The summed E-state index contributed by atoms with van der Waals surface area (Å²) >= 11 is 5.49. The monoisotopic (exact) mass is 217 g/mol. The van der Waals surface area contributed by atoms with Gasteiger partial charge in [-0.05, 0) is 12.5 Å². The average molecular weight is 218 g/mol. The first-order chi connectivity index (χ1) is 6.56. The summed E-state index contributed by atoms with van der Waals surface area (Å²) in [6.45, 7) is 1.98. The molecule has 1 unspecified atom stereocenters. The quantitative estimate of drug-likeness (QED) is 0.818. The fraction of sp³-hybridized carbons (Fsp3) is 0.400. The molecule has 0 aromatic heterocycles. The van der Waals surface area contributed by atoms with Crippen molar-refractivity contribution in [2.24, 2.45) is 5.73 Å². The molecule has 78 valence electrons. The van der Waals surface area contributed by atoms with Crippen molar-refractivity contribution >= 4 is 11.6 Å². The first-order valence-electron chi connectivity index (χ1n) is 4.49. The van der Waals surface area contributed by atoms with E-state index in [9.17, 15) is 9.50 Å². The third-order valence-corrected chi connectivity index (χ3v) is 2.36. The standard InChI is InChI=1S/C10H13ClFNO/c1-2-3-9(13)6-4-8(12)7(11)5-10(6)14/h4-5,9,14H,2-3,13H2,1H3. The summed E-state index contributed by atoms with van der Waals surface area (Å²) in [4.78, 5) is 0. The van der Waals surface area contributed by atoms with E-state index in [1.165, 1.54) is 12.1 Å². The van der Waals surface area contributed by atoms with Gasteiger partial charge in [0.15, 0.2) is 0 Å². The highest BCUT2D eigenvalue weighted by molar-refractivity contribution is 6.30. The third-order valence-electron chi connectivity index (χ3n) is 2.07. The molecule has 3 N–H and O–H groups in total. The Morgan fingerprint density at radius 3 is 2.79 bits per heavy atom. The van der Waals surface area contributed by atoms with Crippen molar-refractivity contribution in [2.75, 3.05) is 0 Å². The predicted molar refractivity (Wildman–Crippen MR) is 54.9 cm³/mol. The van der Waals surface area contributed by atoms with Gasteiger partial charge in [-0.25, -0.2) is 4.39 Å². The Balaban J connectivity index is 3.02. The van der Waals surface area contributed by atoms with Crippen molar-refractivity contribution < 1.29 is 9.50 Å². The maximum Gasteiger partial charge on any atom is 0.142 e. The van der Waals surface area contributed by atoms with E-state index >= 15 is 0 Å². The zero-order valence-corrected chi connectivity index (χ0v) is 8.68. The summed E-state index contributed by atoms with van der Waals surface area (Å²) in [5.41, 5.74) is 6.17. The number of hydrogen-bond donors (Lipinski definition) is 2. The highest BCUT2D eigenvalue weighted by Crippen LogP contribution is 2.30. The first-order valence-corrected chi connectivity index (χ1v) is 4.87. The first kappa shape index (κ1) is 11.3. The van der Waals surface area contributed by atoms with Gasteiger partial charge in [-0.3, -0.25) is 0 Å². The fourth-order valence-electron chi connectivity index (χ4n) is 1.32. The van der Waals surface area contributed by atoms with Crippen LogP contribution < -0.4 is 5.73 Å². The van der Waals surface area contributed by atoms with Crippen LogP contribution in [0.25, 0.3) is 0 Å². The van der Waals surface area contributed by atoms with E-state index in [1.807, 2.05) is 6.92 Å². The van der Waals surface area contributed by atoms with Gasteiger partial charge in [0, 0.05) is 17.7 Å². The van der Waals surface area contributed by atoms with Crippen molar-refractivity contribution in [3.63, 3.8) is 0 Å². The number of rotatable bonds is 3. The Labute approximate surface area is 87.5 Å². The molecule has 1 atom stereocenters. The van der Waals surface area contributed by atoms with Crippen molar-refractivity contribution in [3.05, 3.63) is 28.5 Å². The molecule has 4 heteroatoms. The predicted octanol–water partition coefficient (Wildman–Crippen LogP) is 2.98. The Bertz CT molecular complexity index is 330. The van der Waals surface area contributed by atoms with E-state index < -0.39 is 5.82 Å². The van der Waals surface area contributed by atoms with Crippen LogP contribution in [0.1, 0.15) is 31.4 Å². The van der Waals surface area contributed by atoms with E-state index in [2.05, 4.69) is 0 Å². The number of phenolic OH excluding ortho intramolecular Hbond substituents is 1. The summed E-state index contributed by atoms with van der Waals surface area (Å²) in [6, 6.07) is 2.03. The lowest BCUT2D eigenvalue weighted by Gasteiger charge is -2.13. The molecule has 0 aliphatic heterocycles. The smallest absolute Gasteiger partial charge is 0.142 e. The largest absolute Gasteiger partial charge is 0.508 e. The highest BCUT2D eigenvalue weighted by atomic mass is 35.5. The molecule has 0 fully saturated rings. The van der Waals surface area contributed by atoms with E-state index in [-0.39, 0.29) is 16.8 Å². The van der Waals surface area contributed by atoms with Gasteiger partial charge in [-0.2, -0.15) is 0 Å². The molecular formula is C10H13ClFNO. The molecule has 0 saturated carbocycles. The van der Waals surface area contributed by atoms with Crippen LogP contribution >= 0.6 is 11.6 Å². The van der Waals surface area contributed by atoms with Crippen LogP contribution in [0, 0.1) is 5.82 Å². The average Bonchev–Trinajstić information content (AvgIpc) is 2.11. The van der Waals surface area contributed by atoms with Gasteiger partial charge < -0.3 is 10.8 Å². The number of hydrogen-bond acceptors (Lipinski definition) is 2. The van der Waals surface area contributed by atoms with Gasteiger partial charge in [0.1, 0.15) is 11.6 Å². The Morgan fingerprint density at radius 2 is 2.21 bits per heavy atom. The molecule has 0 bridgehead atoms. The Morgan fingerprint density at radius 1 is 1.57 bits per heavy atom. The van der Waals surface area contributed by atoms with Crippen LogP contribution in [-0.2, 0) is 0 Å². The summed E-state index contributed by atoms with van der Waals surface area (Å²) < 4.78 is 13.1. The summed E-state index contributed by atoms with van der Waals surface area (Å²) in [5.74, 6) is -0.594. The molecule has 0 aliphatic rings. The molecule has 1 aromatic carbocycles. The molecule has 0 saturated heterocycles. The van der Waals surface area contributed by atoms with Crippen LogP contribution in [0.5, 0.6) is 5.75 Å². The second kappa shape index (κ2) is 4.62. The molecule has 1 rings (SSSR count). The maximum atomic E-state index is 13.1. The summed E-state index contributed by atoms with van der Waals surface area (Å²) in [5, 5.41) is 9.39. The zero-order valence-electron chi connectivity index (χ0n) is 7.93. The Kier molecular flexibility index (Phi) is 3.72. The molecular weight excluding hydrogens is 205 g/mol. The van der Waals surface area contributed by atoms with Crippen LogP contribution in [0.3, 0.4) is 0 Å². The molecule has 14 heavy (non-hydrogen) atoms. The minimum Gasteiger partial charge on any atom is -0.508 e. The maximum absolute atomic E-state index is 13.1. The molecule has 2 nitrogen and oxygen atoms in total. The lowest BCUT2D eigenvalue weighted by Crippen LogP contribution is -2.10. The minimum absolute atomic E-state index is 0.0441. The molecule has 0 spiro atoms. The second-order valence-electron chi connectivity index (χ2n) is 3.22. The topological polar surface area (TPSA) is 46.2 Å². The van der Waals surface area contributed by atoms with Crippen LogP contribution in [-0.4, -0.2) is 5.11 Å². The number of nitrogens with two attached hydrogens (primary N) is 1. The van der Waals surface area contributed by atoms with Gasteiger partial charge in [-0.1, -0.05) is 24.9 Å². The minimum atomic E-state index is -0.550. The second-order valence-corrected chi connectivity index (χ2v) is 3.63. The molecule has 0 heterocycles. The van der Waals surface area contributed by atoms with E-state index in [1.54, 1.807) is 0 Å². The van der Waals surface area contributed by atoms with E-state index in [4.69, 9.17) is 17.3 Å². The number of benzene rings is 1. The zero-order chi connectivity index (χ0) is 10.7. The summed E-state index contributed by atoms with van der Waals surface area (Å²) in [7, 11) is 0. The van der Waals surface area contributed by atoms with Gasteiger partial charge in [0.05, 0.1) is 5.02 Å². The fourth-order valence-corrected chi connectivity index (χ4v) is 1.47. The van der Waals surface area contributed by atoms with E-state index in [0.717, 1.165) is 6.42 Å². The van der Waals surface area contributed by atoms with Gasteiger partial charge >= 0.3 is 0 Å². The van der Waals surface area contributed by atoms with Crippen LogP contribution in [0.2, 0.25) is 5.02 Å². The lowest BCUT2D eigenvalue weighted by molar-refractivity contribution is 0.455. The van der Waals surface area contributed by atoms with E-state index in [0.29, 0.717) is 12.0 Å². The van der Waals surface area contributed by atoms with Gasteiger partial charge in [0.2, 0.25) is 0 Å². The third kappa shape index (κ3) is 2.36.